The summed E-state index contributed by atoms with van der Waals surface area (Å²) in [4.78, 5) is 28.4. The molecule has 6 nitrogen and oxygen atoms in total. The molecule has 0 aliphatic carbocycles. The fourth-order valence-corrected chi connectivity index (χ4v) is 4.40. The molecular weight excluding hydrogens is 308 g/mol. The average Bonchev–Trinajstić information content (AvgIpc) is 3.16. The van der Waals surface area contributed by atoms with Gasteiger partial charge in [-0.15, -0.1) is 0 Å². The molecule has 4 rings (SSSR count). The SMILES string of the molecule is O=C(CN1C[C@@H]2COCC[C@]2(C(=O)O)C1)N1CCc2ccccc21. The van der Waals surface area contributed by atoms with Crippen molar-refractivity contribution < 1.29 is 19.4 Å². The molecule has 2 fully saturated rings. The van der Waals surface area contributed by atoms with E-state index in [1.165, 1.54) is 5.56 Å². The molecule has 3 heterocycles. The van der Waals surface area contributed by atoms with E-state index in [0.29, 0.717) is 39.3 Å². The summed E-state index contributed by atoms with van der Waals surface area (Å²) >= 11 is 0. The zero-order valence-corrected chi connectivity index (χ0v) is 13.6. The molecule has 0 bridgehead atoms. The van der Waals surface area contributed by atoms with E-state index in [4.69, 9.17) is 4.74 Å². The van der Waals surface area contributed by atoms with Gasteiger partial charge in [0.25, 0.3) is 0 Å². The second kappa shape index (κ2) is 5.86. The van der Waals surface area contributed by atoms with Crippen LogP contribution in [-0.4, -0.2) is 61.3 Å². The summed E-state index contributed by atoms with van der Waals surface area (Å²) in [6.45, 7) is 3.02. The lowest BCUT2D eigenvalue weighted by atomic mass is 9.74. The van der Waals surface area contributed by atoms with Crippen molar-refractivity contribution in [2.45, 2.75) is 12.8 Å². The van der Waals surface area contributed by atoms with Crippen molar-refractivity contribution in [1.82, 2.24) is 4.90 Å². The summed E-state index contributed by atoms with van der Waals surface area (Å²) in [7, 11) is 0. The van der Waals surface area contributed by atoms with E-state index in [-0.39, 0.29) is 18.4 Å². The lowest BCUT2D eigenvalue weighted by Gasteiger charge is -2.34. The Hall–Kier alpha value is -1.92. The summed E-state index contributed by atoms with van der Waals surface area (Å²) in [5.74, 6) is -0.722. The number of carbonyl (C=O) groups excluding carboxylic acids is 1. The van der Waals surface area contributed by atoms with Crippen molar-refractivity contribution in [3.05, 3.63) is 29.8 Å². The van der Waals surface area contributed by atoms with Gasteiger partial charge in [-0.05, 0) is 24.5 Å². The second-order valence-electron chi connectivity index (χ2n) is 7.08. The Bertz CT molecular complexity index is 677. The van der Waals surface area contributed by atoms with Crippen molar-refractivity contribution in [2.24, 2.45) is 11.3 Å². The Morgan fingerprint density at radius 2 is 2.17 bits per heavy atom. The third-order valence-electron chi connectivity index (χ3n) is 5.75. The third-order valence-corrected chi connectivity index (χ3v) is 5.75. The molecule has 3 aliphatic heterocycles. The normalized spacial score (nSPS) is 29.3. The van der Waals surface area contributed by atoms with Gasteiger partial charge in [-0.1, -0.05) is 18.2 Å². The molecule has 0 spiro atoms. The van der Waals surface area contributed by atoms with Gasteiger partial charge in [-0.3, -0.25) is 14.5 Å². The zero-order valence-electron chi connectivity index (χ0n) is 13.6. The minimum Gasteiger partial charge on any atom is -0.481 e. The molecule has 1 N–H and O–H groups in total. The van der Waals surface area contributed by atoms with E-state index in [1.54, 1.807) is 0 Å². The number of carboxylic acid groups (broad SMARTS) is 1. The number of carbonyl (C=O) groups is 2. The van der Waals surface area contributed by atoms with Gasteiger partial charge >= 0.3 is 5.97 Å². The number of anilines is 1. The van der Waals surface area contributed by atoms with E-state index in [1.807, 2.05) is 28.0 Å². The monoisotopic (exact) mass is 330 g/mol. The molecule has 3 aliphatic rings. The smallest absolute Gasteiger partial charge is 0.311 e. The molecule has 0 aromatic heterocycles. The Balaban J connectivity index is 1.47. The first-order valence-corrected chi connectivity index (χ1v) is 8.52. The minimum absolute atomic E-state index is 0.0255. The maximum absolute atomic E-state index is 12.7. The fraction of sp³-hybridized carbons (Fsp3) is 0.556. The van der Waals surface area contributed by atoms with Gasteiger partial charge in [0, 0.05) is 37.8 Å². The van der Waals surface area contributed by atoms with Crippen molar-refractivity contribution in [1.29, 1.82) is 0 Å². The van der Waals surface area contributed by atoms with E-state index < -0.39 is 11.4 Å². The van der Waals surface area contributed by atoms with Gasteiger partial charge in [0.1, 0.15) is 0 Å². The molecule has 0 unspecified atom stereocenters. The molecule has 1 amide bonds. The topological polar surface area (TPSA) is 70.1 Å². The number of fused-ring (bicyclic) bond motifs is 2. The Kier molecular flexibility index (Phi) is 3.81. The van der Waals surface area contributed by atoms with Crippen LogP contribution in [0, 0.1) is 11.3 Å². The first-order chi connectivity index (χ1) is 11.6. The molecule has 0 radical (unpaired) electrons. The average molecular weight is 330 g/mol. The Morgan fingerprint density at radius 3 is 2.96 bits per heavy atom. The highest BCUT2D eigenvalue weighted by Gasteiger charge is 2.54. The Morgan fingerprint density at radius 1 is 1.33 bits per heavy atom. The zero-order chi connectivity index (χ0) is 16.7. The Labute approximate surface area is 141 Å². The van der Waals surface area contributed by atoms with Crippen LogP contribution in [0.2, 0.25) is 0 Å². The number of likely N-dealkylation sites (tertiary alicyclic amines) is 1. The fourth-order valence-electron chi connectivity index (χ4n) is 4.40. The summed E-state index contributed by atoms with van der Waals surface area (Å²) in [5.41, 5.74) is 1.45. The highest BCUT2D eigenvalue weighted by atomic mass is 16.5. The summed E-state index contributed by atoms with van der Waals surface area (Å²) in [6.07, 6.45) is 1.42. The number of hydrogen-bond donors (Lipinski definition) is 1. The molecule has 24 heavy (non-hydrogen) atoms. The van der Waals surface area contributed by atoms with Crippen LogP contribution in [0.5, 0.6) is 0 Å². The molecule has 128 valence electrons. The van der Waals surface area contributed by atoms with Crippen LogP contribution in [0.3, 0.4) is 0 Å². The van der Waals surface area contributed by atoms with Crippen LogP contribution >= 0.6 is 0 Å². The number of ether oxygens (including phenoxy) is 1. The van der Waals surface area contributed by atoms with Gasteiger partial charge in [0.2, 0.25) is 5.91 Å². The first-order valence-electron chi connectivity index (χ1n) is 8.52. The summed E-state index contributed by atoms with van der Waals surface area (Å²) < 4.78 is 5.47. The largest absolute Gasteiger partial charge is 0.481 e. The minimum atomic E-state index is -0.753. The van der Waals surface area contributed by atoms with Gasteiger partial charge in [-0.2, -0.15) is 0 Å². The first kappa shape index (κ1) is 15.6. The predicted octanol–water partition coefficient (Wildman–Crippen LogP) is 0.999. The van der Waals surface area contributed by atoms with Gasteiger partial charge < -0.3 is 14.7 Å². The van der Waals surface area contributed by atoms with Crippen molar-refractivity contribution in [2.75, 3.05) is 44.3 Å². The van der Waals surface area contributed by atoms with Crippen LogP contribution < -0.4 is 4.90 Å². The molecule has 1 aromatic carbocycles. The third kappa shape index (κ3) is 2.41. The second-order valence-corrected chi connectivity index (χ2v) is 7.08. The maximum atomic E-state index is 12.7. The van der Waals surface area contributed by atoms with Crippen LogP contribution in [0.15, 0.2) is 24.3 Å². The number of benzene rings is 1. The number of hydrogen-bond acceptors (Lipinski definition) is 4. The van der Waals surface area contributed by atoms with Crippen LogP contribution in [-0.2, 0) is 20.7 Å². The van der Waals surface area contributed by atoms with Gasteiger partial charge in [0.15, 0.2) is 0 Å². The van der Waals surface area contributed by atoms with Crippen LogP contribution in [0.1, 0.15) is 12.0 Å². The molecule has 0 saturated carbocycles. The van der Waals surface area contributed by atoms with E-state index >= 15 is 0 Å². The van der Waals surface area contributed by atoms with Gasteiger partial charge in [0.05, 0.1) is 18.6 Å². The standard InChI is InChI=1S/C18H22N2O4/c21-16(20-7-5-13-3-1-2-4-15(13)20)10-19-9-14-11-24-8-6-18(14,12-19)17(22)23/h1-4,14H,5-12H2,(H,22,23)/t14-,18+/m1/s1. The highest BCUT2D eigenvalue weighted by Crippen LogP contribution is 2.42. The predicted molar refractivity (Wildman–Crippen MR) is 87.9 cm³/mol. The van der Waals surface area contributed by atoms with E-state index in [9.17, 15) is 14.7 Å². The summed E-state index contributed by atoms with van der Waals surface area (Å²) in [6, 6.07) is 7.99. The number of aliphatic carboxylic acids is 1. The molecular formula is C18H22N2O4. The van der Waals surface area contributed by atoms with Crippen LogP contribution in [0.25, 0.3) is 0 Å². The van der Waals surface area contributed by atoms with Gasteiger partial charge in [-0.25, -0.2) is 0 Å². The molecule has 2 atom stereocenters. The number of carboxylic acids is 1. The number of amides is 1. The number of rotatable bonds is 3. The lowest BCUT2D eigenvalue weighted by molar-refractivity contribution is -0.157. The lowest BCUT2D eigenvalue weighted by Crippen LogP contribution is -2.45. The maximum Gasteiger partial charge on any atom is 0.311 e. The van der Waals surface area contributed by atoms with Crippen molar-refractivity contribution in [3.63, 3.8) is 0 Å². The molecule has 2 saturated heterocycles. The van der Waals surface area contributed by atoms with Crippen molar-refractivity contribution in [3.8, 4) is 0 Å². The highest BCUT2D eigenvalue weighted by molar-refractivity contribution is 5.96. The van der Waals surface area contributed by atoms with E-state index in [0.717, 1.165) is 12.1 Å². The summed E-state index contributed by atoms with van der Waals surface area (Å²) in [5, 5.41) is 9.72. The number of para-hydroxylation sites is 1. The molecule has 6 heteroatoms. The van der Waals surface area contributed by atoms with E-state index in [2.05, 4.69) is 6.07 Å². The quantitative estimate of drug-likeness (QED) is 0.895. The van der Waals surface area contributed by atoms with Crippen LogP contribution in [0.4, 0.5) is 5.69 Å². The van der Waals surface area contributed by atoms with Crippen molar-refractivity contribution >= 4 is 17.6 Å². The number of nitrogens with zero attached hydrogens (tertiary/aromatic N) is 2. The molecule has 1 aromatic rings.